The lowest BCUT2D eigenvalue weighted by molar-refractivity contribution is 0.467. The lowest BCUT2D eigenvalue weighted by Gasteiger charge is -2.29. The van der Waals surface area contributed by atoms with Gasteiger partial charge in [0, 0.05) is 0 Å². The van der Waals surface area contributed by atoms with Gasteiger partial charge in [0.15, 0.2) is 0 Å². The summed E-state index contributed by atoms with van der Waals surface area (Å²) >= 11 is 0. The molecule has 4 heteroatoms. The van der Waals surface area contributed by atoms with Crippen molar-refractivity contribution in [1.82, 2.24) is 5.32 Å². The molecular weight excluding hydrogens is 352 g/mol. The third kappa shape index (κ3) is 9.51. The monoisotopic (exact) mass is 386 g/mol. The molecule has 3 nitrogen and oxygen atoms in total. The maximum absolute atomic E-state index is 9.64. The standard InChI is InChI=1S/C17H18N2O.C6H16S/c18-13-15-7-5-14(6-8-15)9-11-19-12-10-16-3-1-2-4-17(16)20;1-6(2)7(3,4)5/h1-8,19-20H,9-12H2;6H,1-5H3. The van der Waals surface area contributed by atoms with Crippen LogP contribution in [-0.4, -0.2) is 42.2 Å². The predicted molar refractivity (Wildman–Crippen MR) is 120 cm³/mol. The van der Waals surface area contributed by atoms with E-state index in [4.69, 9.17) is 5.26 Å². The van der Waals surface area contributed by atoms with Crippen molar-refractivity contribution >= 4 is 10.0 Å². The van der Waals surface area contributed by atoms with Gasteiger partial charge in [-0.05, 0) is 79.3 Å². The highest BCUT2D eigenvalue weighted by Crippen LogP contribution is 2.39. The van der Waals surface area contributed by atoms with E-state index in [2.05, 4.69) is 44.0 Å². The van der Waals surface area contributed by atoms with E-state index in [0.717, 1.165) is 36.7 Å². The van der Waals surface area contributed by atoms with E-state index < -0.39 is 0 Å². The lowest BCUT2D eigenvalue weighted by Crippen LogP contribution is -2.20. The van der Waals surface area contributed by atoms with Gasteiger partial charge in [-0.2, -0.15) is 5.26 Å². The zero-order chi connectivity index (χ0) is 20.3. The zero-order valence-corrected chi connectivity index (χ0v) is 18.1. The summed E-state index contributed by atoms with van der Waals surface area (Å²) in [6.07, 6.45) is 8.79. The van der Waals surface area contributed by atoms with E-state index in [1.54, 1.807) is 6.07 Å². The highest BCUT2D eigenvalue weighted by molar-refractivity contribution is 8.32. The second kappa shape index (κ2) is 11.7. The van der Waals surface area contributed by atoms with E-state index in [9.17, 15) is 5.11 Å². The average Bonchev–Trinajstić information content (AvgIpc) is 2.63. The van der Waals surface area contributed by atoms with E-state index in [1.807, 2.05) is 42.5 Å². The first-order valence-electron chi connectivity index (χ1n) is 9.38. The highest BCUT2D eigenvalue weighted by atomic mass is 32.3. The lowest BCUT2D eigenvalue weighted by atomic mass is 10.1. The molecule has 0 atom stereocenters. The molecule has 0 radical (unpaired) electrons. The first-order valence-corrected chi connectivity index (χ1v) is 12.3. The molecule has 0 aromatic heterocycles. The molecule has 2 aromatic rings. The van der Waals surface area contributed by atoms with Crippen molar-refractivity contribution in [2.45, 2.75) is 31.9 Å². The average molecular weight is 387 g/mol. The summed E-state index contributed by atoms with van der Waals surface area (Å²) in [6, 6.07) is 17.2. The molecule has 0 aliphatic rings. The molecule has 0 amide bonds. The van der Waals surface area contributed by atoms with Gasteiger partial charge in [-0.1, -0.05) is 44.2 Å². The molecule has 148 valence electrons. The van der Waals surface area contributed by atoms with Crippen molar-refractivity contribution in [2.24, 2.45) is 0 Å². The first-order chi connectivity index (χ1) is 12.7. The Hall–Kier alpha value is -1.96. The Balaban J connectivity index is 0.000000445. The van der Waals surface area contributed by atoms with Crippen LogP contribution in [-0.2, 0) is 12.8 Å². The fourth-order valence-electron chi connectivity index (χ4n) is 2.05. The van der Waals surface area contributed by atoms with Crippen molar-refractivity contribution in [3.05, 3.63) is 65.2 Å². The Morgan fingerprint density at radius 3 is 2.04 bits per heavy atom. The second-order valence-corrected chi connectivity index (χ2v) is 12.5. The minimum atomic E-state index is -0.241. The molecule has 2 aromatic carbocycles. The number of para-hydroxylation sites is 1. The van der Waals surface area contributed by atoms with Crippen LogP contribution in [0.15, 0.2) is 48.5 Å². The Morgan fingerprint density at radius 1 is 0.963 bits per heavy atom. The van der Waals surface area contributed by atoms with Crippen LogP contribution >= 0.6 is 10.0 Å². The molecule has 0 bridgehead atoms. The van der Waals surface area contributed by atoms with Crippen LogP contribution in [0, 0.1) is 11.3 Å². The summed E-state index contributed by atoms with van der Waals surface area (Å²) in [5.74, 6) is 0.362. The van der Waals surface area contributed by atoms with Crippen LogP contribution in [0.2, 0.25) is 0 Å². The van der Waals surface area contributed by atoms with Crippen molar-refractivity contribution in [2.75, 3.05) is 31.9 Å². The molecule has 2 rings (SSSR count). The molecule has 0 aliphatic heterocycles. The van der Waals surface area contributed by atoms with Crippen LogP contribution < -0.4 is 5.32 Å². The smallest absolute Gasteiger partial charge is 0.118 e. The first kappa shape index (κ1) is 23.1. The minimum absolute atomic E-state index is 0.241. The SMILES string of the molecule is CC(C)S(C)(C)C.N#Cc1ccc(CCNCCc2ccccc2O)cc1. The molecule has 0 spiro atoms. The molecule has 27 heavy (non-hydrogen) atoms. The maximum atomic E-state index is 9.64. The van der Waals surface area contributed by atoms with Crippen molar-refractivity contribution in [3.63, 3.8) is 0 Å². The van der Waals surface area contributed by atoms with Gasteiger partial charge in [-0.3, -0.25) is 0 Å². The number of nitriles is 1. The molecule has 0 fully saturated rings. The summed E-state index contributed by atoms with van der Waals surface area (Å²) in [5.41, 5.74) is 2.89. The second-order valence-electron chi connectivity index (χ2n) is 7.67. The number of phenols is 1. The molecular formula is C23H34N2OS. The maximum Gasteiger partial charge on any atom is 0.118 e. The highest BCUT2D eigenvalue weighted by Gasteiger charge is 2.07. The van der Waals surface area contributed by atoms with Crippen LogP contribution in [0.3, 0.4) is 0 Å². The summed E-state index contributed by atoms with van der Waals surface area (Å²) in [5, 5.41) is 22.6. The Kier molecular flexibility index (Phi) is 9.99. The fourth-order valence-corrected chi connectivity index (χ4v) is 2.05. The number of hydrogen-bond acceptors (Lipinski definition) is 3. The van der Waals surface area contributed by atoms with Crippen molar-refractivity contribution in [1.29, 1.82) is 5.26 Å². The van der Waals surface area contributed by atoms with Crippen LogP contribution in [0.1, 0.15) is 30.5 Å². The van der Waals surface area contributed by atoms with E-state index >= 15 is 0 Å². The topological polar surface area (TPSA) is 56.0 Å². The Labute approximate surface area is 166 Å². The fraction of sp³-hybridized carbons (Fsp3) is 0.435. The summed E-state index contributed by atoms with van der Waals surface area (Å²) in [6.45, 7) is 6.30. The number of aromatic hydroxyl groups is 1. The van der Waals surface area contributed by atoms with Gasteiger partial charge in [-0.25, -0.2) is 10.0 Å². The van der Waals surface area contributed by atoms with Gasteiger partial charge in [0.25, 0.3) is 0 Å². The third-order valence-electron chi connectivity index (χ3n) is 4.65. The molecule has 0 saturated carbocycles. The van der Waals surface area contributed by atoms with E-state index in [-0.39, 0.29) is 10.0 Å². The Bertz CT molecular complexity index is 712. The van der Waals surface area contributed by atoms with Gasteiger partial charge < -0.3 is 10.4 Å². The third-order valence-corrected chi connectivity index (χ3v) is 7.48. The van der Waals surface area contributed by atoms with E-state index in [1.165, 1.54) is 5.56 Å². The normalized spacial score (nSPS) is 11.4. The van der Waals surface area contributed by atoms with Gasteiger partial charge in [0.2, 0.25) is 0 Å². The summed E-state index contributed by atoms with van der Waals surface area (Å²) in [4.78, 5) is 0. The van der Waals surface area contributed by atoms with Gasteiger partial charge in [0.1, 0.15) is 5.75 Å². The zero-order valence-electron chi connectivity index (χ0n) is 17.3. The predicted octanol–water partition coefficient (Wildman–Crippen LogP) is 4.73. The molecule has 2 N–H and O–H groups in total. The molecule has 0 aliphatic carbocycles. The van der Waals surface area contributed by atoms with E-state index in [0.29, 0.717) is 11.3 Å². The minimum Gasteiger partial charge on any atom is -0.508 e. The summed E-state index contributed by atoms with van der Waals surface area (Å²) < 4.78 is 0. The van der Waals surface area contributed by atoms with Crippen molar-refractivity contribution in [3.8, 4) is 11.8 Å². The number of rotatable bonds is 7. The molecule has 0 saturated heterocycles. The number of nitrogens with zero attached hydrogens (tertiary/aromatic N) is 1. The Morgan fingerprint density at radius 2 is 1.52 bits per heavy atom. The summed E-state index contributed by atoms with van der Waals surface area (Å²) in [7, 11) is -0.241. The van der Waals surface area contributed by atoms with Gasteiger partial charge in [-0.15, -0.1) is 0 Å². The van der Waals surface area contributed by atoms with Crippen LogP contribution in [0.25, 0.3) is 0 Å². The molecule has 0 heterocycles. The number of nitrogens with one attached hydrogen (secondary N) is 1. The van der Waals surface area contributed by atoms with Crippen LogP contribution in [0.5, 0.6) is 5.75 Å². The number of benzene rings is 2. The number of hydrogen-bond donors (Lipinski definition) is 2. The van der Waals surface area contributed by atoms with Crippen molar-refractivity contribution < 1.29 is 5.11 Å². The van der Waals surface area contributed by atoms with Gasteiger partial charge in [0.05, 0.1) is 11.6 Å². The van der Waals surface area contributed by atoms with Crippen LogP contribution in [0.4, 0.5) is 0 Å². The number of phenolic OH excluding ortho intramolecular Hbond substituents is 1. The van der Waals surface area contributed by atoms with Gasteiger partial charge >= 0.3 is 0 Å². The largest absolute Gasteiger partial charge is 0.508 e. The molecule has 0 unspecified atom stereocenters. The quantitative estimate of drug-likeness (QED) is 0.677.